The number of methoxy groups -OCH3 is 1. The van der Waals surface area contributed by atoms with Gasteiger partial charge >= 0.3 is 0 Å². The second kappa shape index (κ2) is 9.60. The van der Waals surface area contributed by atoms with E-state index in [1.807, 2.05) is 0 Å². The largest absolute Gasteiger partial charge is 0.496 e. The average Bonchev–Trinajstić information content (AvgIpc) is 2.66. The Balaban J connectivity index is 2.00. The number of nitrogens with one attached hydrogen (secondary N) is 2. The molecule has 0 saturated carbocycles. The molecule has 0 bridgehead atoms. The highest BCUT2D eigenvalue weighted by atomic mass is 79.9. The van der Waals surface area contributed by atoms with Crippen LogP contribution >= 0.6 is 15.9 Å². The summed E-state index contributed by atoms with van der Waals surface area (Å²) >= 11 is 3.28. The van der Waals surface area contributed by atoms with Crippen molar-refractivity contribution in [3.63, 3.8) is 0 Å². The second-order valence-corrected chi connectivity index (χ2v) is 6.58. The van der Waals surface area contributed by atoms with Crippen LogP contribution in [0.4, 0.5) is 11.4 Å². The van der Waals surface area contributed by atoms with Crippen LogP contribution in [0.5, 0.6) is 5.75 Å². The Morgan fingerprint density at radius 1 is 1.25 bits per heavy atom. The molecule has 2 amide bonds. The summed E-state index contributed by atoms with van der Waals surface area (Å²) < 4.78 is 5.70. The van der Waals surface area contributed by atoms with Crippen LogP contribution in [-0.4, -0.2) is 29.6 Å². The van der Waals surface area contributed by atoms with E-state index in [1.165, 1.54) is 25.3 Å². The summed E-state index contributed by atoms with van der Waals surface area (Å²) in [5, 5.41) is 17.5. The number of ether oxygens (including phenoxy) is 1. The number of nitrogens with zero attached hydrogens (tertiary/aromatic N) is 2. The van der Waals surface area contributed by atoms with E-state index in [0.717, 1.165) is 4.47 Å². The summed E-state index contributed by atoms with van der Waals surface area (Å²) in [6.07, 6.45) is -0.151. The first-order valence-electron chi connectivity index (χ1n) is 8.01. The molecule has 2 aromatic carbocycles. The molecule has 0 atom stereocenters. The van der Waals surface area contributed by atoms with Crippen LogP contribution in [0.1, 0.15) is 23.7 Å². The van der Waals surface area contributed by atoms with Crippen LogP contribution < -0.4 is 15.5 Å². The first kappa shape index (κ1) is 21.0. The monoisotopic (exact) mass is 448 g/mol. The zero-order valence-electron chi connectivity index (χ0n) is 15.1. The molecule has 0 saturated heterocycles. The van der Waals surface area contributed by atoms with E-state index in [4.69, 9.17) is 4.74 Å². The van der Waals surface area contributed by atoms with Crippen molar-refractivity contribution in [1.82, 2.24) is 5.43 Å². The molecule has 0 radical (unpaired) electrons. The van der Waals surface area contributed by atoms with E-state index < -0.39 is 16.7 Å². The van der Waals surface area contributed by atoms with Crippen molar-refractivity contribution in [1.29, 1.82) is 0 Å². The Morgan fingerprint density at radius 3 is 2.64 bits per heavy atom. The van der Waals surface area contributed by atoms with Crippen molar-refractivity contribution < 1.29 is 19.2 Å². The fourth-order valence-corrected chi connectivity index (χ4v) is 2.60. The summed E-state index contributed by atoms with van der Waals surface area (Å²) in [5.74, 6) is -0.629. The van der Waals surface area contributed by atoms with Gasteiger partial charge in [-0.3, -0.25) is 19.7 Å². The predicted octanol–water partition coefficient (Wildman–Crippen LogP) is 3.50. The van der Waals surface area contributed by atoms with Crippen LogP contribution in [0.25, 0.3) is 0 Å². The Morgan fingerprint density at radius 2 is 2.00 bits per heavy atom. The zero-order valence-corrected chi connectivity index (χ0v) is 16.6. The number of carbonyl (C=O) groups excluding carboxylic acids is 2. The van der Waals surface area contributed by atoms with Gasteiger partial charge in [0.25, 0.3) is 11.6 Å². The molecule has 0 unspecified atom stereocenters. The lowest BCUT2D eigenvalue weighted by atomic mass is 10.2. The molecule has 0 fully saturated rings. The zero-order chi connectivity index (χ0) is 20.7. The number of nitro groups is 1. The Hall–Kier alpha value is -3.27. The number of anilines is 1. The molecular weight excluding hydrogens is 432 g/mol. The maximum absolute atomic E-state index is 12.1. The number of hydrazone groups is 1. The molecule has 2 N–H and O–H groups in total. The van der Waals surface area contributed by atoms with Crippen molar-refractivity contribution in [3.05, 3.63) is 62.6 Å². The molecule has 146 valence electrons. The number of hydrogen-bond donors (Lipinski definition) is 2. The lowest BCUT2D eigenvalue weighted by Crippen LogP contribution is -2.21. The van der Waals surface area contributed by atoms with Gasteiger partial charge in [-0.15, -0.1) is 0 Å². The summed E-state index contributed by atoms with van der Waals surface area (Å²) in [6.45, 7) is 1.56. The van der Waals surface area contributed by atoms with Crippen molar-refractivity contribution in [2.24, 2.45) is 5.10 Å². The summed E-state index contributed by atoms with van der Waals surface area (Å²) in [6, 6.07) is 10.9. The quantitative estimate of drug-likeness (QED) is 0.381. The lowest BCUT2D eigenvalue weighted by Gasteiger charge is -2.08. The van der Waals surface area contributed by atoms with Crippen molar-refractivity contribution >= 4 is 44.8 Å². The van der Waals surface area contributed by atoms with Crippen molar-refractivity contribution in [3.8, 4) is 5.75 Å². The van der Waals surface area contributed by atoms with Gasteiger partial charge in [0, 0.05) is 15.7 Å². The minimum Gasteiger partial charge on any atom is -0.496 e. The fraction of sp³-hybridized carbons (Fsp3) is 0.167. The molecule has 10 heteroatoms. The standard InChI is InChI=1S/C18H17BrN4O5/c1-11(21-22-18(25)12-4-3-5-13(19)9-12)8-17(24)20-15-7-6-14(28-2)10-16(15)23(26)27/h3-7,9-10H,8H2,1-2H3,(H,20,24)(H,22,25)/b21-11+. The minimum absolute atomic E-state index is 0.0433. The second-order valence-electron chi connectivity index (χ2n) is 5.66. The highest BCUT2D eigenvalue weighted by Gasteiger charge is 2.17. The molecule has 0 spiro atoms. The van der Waals surface area contributed by atoms with E-state index in [0.29, 0.717) is 17.0 Å². The highest BCUT2D eigenvalue weighted by Crippen LogP contribution is 2.29. The Kier molecular flexibility index (Phi) is 7.21. The smallest absolute Gasteiger partial charge is 0.296 e. The number of rotatable bonds is 7. The van der Waals surface area contributed by atoms with E-state index in [-0.39, 0.29) is 17.8 Å². The van der Waals surface area contributed by atoms with Gasteiger partial charge in [0.2, 0.25) is 5.91 Å². The Bertz CT molecular complexity index is 945. The number of hydrogen-bond acceptors (Lipinski definition) is 6. The van der Waals surface area contributed by atoms with Gasteiger partial charge in [0.1, 0.15) is 11.4 Å². The fourth-order valence-electron chi connectivity index (χ4n) is 2.20. The van der Waals surface area contributed by atoms with E-state index in [1.54, 1.807) is 31.2 Å². The number of benzene rings is 2. The molecule has 28 heavy (non-hydrogen) atoms. The number of carbonyl (C=O) groups is 2. The lowest BCUT2D eigenvalue weighted by molar-refractivity contribution is -0.384. The van der Waals surface area contributed by atoms with E-state index in [2.05, 4.69) is 31.8 Å². The topological polar surface area (TPSA) is 123 Å². The maximum atomic E-state index is 12.1. The highest BCUT2D eigenvalue weighted by molar-refractivity contribution is 9.10. The molecule has 2 rings (SSSR count). The average molecular weight is 449 g/mol. The normalized spacial score (nSPS) is 10.9. The Labute approximate surface area is 169 Å². The minimum atomic E-state index is -0.614. The van der Waals surface area contributed by atoms with Crippen LogP contribution in [0.3, 0.4) is 0 Å². The van der Waals surface area contributed by atoms with Crippen LogP contribution in [-0.2, 0) is 4.79 Å². The van der Waals surface area contributed by atoms with Crippen molar-refractivity contribution in [2.75, 3.05) is 12.4 Å². The van der Waals surface area contributed by atoms with Crippen LogP contribution in [0.15, 0.2) is 52.0 Å². The molecule has 0 aliphatic carbocycles. The molecular formula is C18H17BrN4O5. The first-order valence-corrected chi connectivity index (χ1v) is 8.81. The van der Waals surface area contributed by atoms with Gasteiger partial charge in [-0.1, -0.05) is 22.0 Å². The molecule has 0 aliphatic heterocycles. The number of nitro benzene ring substituents is 1. The van der Waals surface area contributed by atoms with E-state index >= 15 is 0 Å². The summed E-state index contributed by atoms with van der Waals surface area (Å²) in [7, 11) is 1.39. The molecule has 2 aromatic rings. The van der Waals surface area contributed by atoms with Crippen LogP contribution in [0.2, 0.25) is 0 Å². The van der Waals surface area contributed by atoms with Gasteiger partial charge in [-0.05, 0) is 37.3 Å². The van der Waals surface area contributed by atoms with Crippen LogP contribution in [0, 0.1) is 10.1 Å². The third-order valence-electron chi connectivity index (χ3n) is 3.53. The van der Waals surface area contributed by atoms with E-state index in [9.17, 15) is 19.7 Å². The predicted molar refractivity (Wildman–Crippen MR) is 108 cm³/mol. The van der Waals surface area contributed by atoms with Gasteiger partial charge in [-0.2, -0.15) is 5.10 Å². The summed E-state index contributed by atoms with van der Waals surface area (Å²) in [4.78, 5) is 34.7. The third kappa shape index (κ3) is 5.88. The summed E-state index contributed by atoms with van der Waals surface area (Å²) in [5.41, 5.74) is 2.86. The van der Waals surface area contributed by atoms with Gasteiger partial charge in [0.15, 0.2) is 0 Å². The number of amides is 2. The van der Waals surface area contributed by atoms with Crippen molar-refractivity contribution in [2.45, 2.75) is 13.3 Å². The third-order valence-corrected chi connectivity index (χ3v) is 4.02. The first-order chi connectivity index (χ1) is 13.3. The molecule has 0 heterocycles. The SMILES string of the molecule is COc1ccc(NC(=O)C/C(C)=N/NC(=O)c2cccc(Br)c2)c([N+](=O)[O-])c1. The number of halogens is 1. The molecule has 0 aliphatic rings. The molecule has 9 nitrogen and oxygen atoms in total. The van der Waals surface area contributed by atoms with Gasteiger partial charge < -0.3 is 10.1 Å². The maximum Gasteiger partial charge on any atom is 0.296 e. The van der Waals surface area contributed by atoms with Gasteiger partial charge in [0.05, 0.1) is 24.5 Å². The molecule has 0 aromatic heterocycles. The van der Waals surface area contributed by atoms with Gasteiger partial charge in [-0.25, -0.2) is 5.43 Å².